The second-order valence-electron chi connectivity index (χ2n) is 5.59. The molecule has 0 heterocycles. The van der Waals surface area contributed by atoms with Gasteiger partial charge in [-0.2, -0.15) is 0 Å². The van der Waals surface area contributed by atoms with Crippen molar-refractivity contribution >= 4 is 23.5 Å². The first-order valence-electron chi connectivity index (χ1n) is 7.37. The van der Waals surface area contributed by atoms with Crippen LogP contribution in [0, 0.1) is 5.92 Å². The maximum Gasteiger partial charge on any atom is 0.152 e. The monoisotopic (exact) mass is 301 g/mol. The number of aliphatic imine (C=N–C) groups is 1. The number of nitrogens with zero attached hydrogens (tertiary/aromatic N) is 1. The van der Waals surface area contributed by atoms with Gasteiger partial charge in [0.25, 0.3) is 0 Å². The second-order valence-corrected chi connectivity index (χ2v) is 5.59. The quantitative estimate of drug-likeness (QED) is 0.373. The van der Waals surface area contributed by atoms with Gasteiger partial charge in [0.2, 0.25) is 0 Å². The summed E-state index contributed by atoms with van der Waals surface area (Å²) in [5.74, 6) is 0.632. The Bertz CT molecular complexity index is 609. The molecule has 0 radical (unpaired) electrons. The third-order valence-electron chi connectivity index (χ3n) is 3.95. The molecule has 2 rings (SSSR count). The van der Waals surface area contributed by atoms with Gasteiger partial charge in [0, 0.05) is 36.0 Å². The van der Waals surface area contributed by atoms with Crippen LogP contribution in [0.15, 0.2) is 35.0 Å². The predicted octanol–water partition coefficient (Wildman–Crippen LogP) is 1.50. The number of carbonyl (C=O) groups excluding carboxylic acids is 1. The molecule has 0 spiro atoms. The summed E-state index contributed by atoms with van der Waals surface area (Å²) in [5.41, 5.74) is 20.6. The summed E-state index contributed by atoms with van der Waals surface area (Å²) in [7, 11) is 1.75. The molecule has 0 bridgehead atoms. The van der Waals surface area contributed by atoms with Gasteiger partial charge in [0.15, 0.2) is 6.29 Å². The standard InChI is InChI=1S/C16H23N5O/c1-20-15-7-13(5-3-11(15)9-22)21-16(19)8-14(18)10-2-4-12(17)6-10/h3,5,7-10,12,20H,2,4,6,17-18H2,1H3,(H2,19,21)/b14-8-. The molecular weight excluding hydrogens is 278 g/mol. The Morgan fingerprint density at radius 3 is 2.73 bits per heavy atom. The lowest BCUT2D eigenvalue weighted by molar-refractivity contribution is 0.112. The molecule has 0 saturated heterocycles. The Kier molecular flexibility index (Phi) is 5.16. The fourth-order valence-corrected chi connectivity index (χ4v) is 2.72. The Balaban J connectivity index is 2.16. The predicted molar refractivity (Wildman–Crippen MR) is 90.2 cm³/mol. The second kappa shape index (κ2) is 7.09. The highest BCUT2D eigenvalue weighted by Crippen LogP contribution is 2.28. The number of benzene rings is 1. The first-order valence-corrected chi connectivity index (χ1v) is 7.37. The SMILES string of the molecule is CNc1cc(N=C(N)/C=C(\N)C2CCC(N)C2)ccc1C=O. The number of nitrogens with two attached hydrogens (primary N) is 3. The van der Waals surface area contributed by atoms with Crippen molar-refractivity contribution in [3.8, 4) is 0 Å². The maximum absolute atomic E-state index is 10.9. The maximum atomic E-state index is 10.9. The normalized spacial score (nSPS) is 22.6. The Labute approximate surface area is 130 Å². The summed E-state index contributed by atoms with van der Waals surface area (Å²) in [5, 5.41) is 2.96. The van der Waals surface area contributed by atoms with E-state index in [0.29, 0.717) is 22.8 Å². The summed E-state index contributed by atoms with van der Waals surface area (Å²) < 4.78 is 0. The molecule has 1 aromatic rings. The minimum Gasteiger partial charge on any atom is -0.402 e. The van der Waals surface area contributed by atoms with Crippen molar-refractivity contribution in [2.24, 2.45) is 28.1 Å². The topological polar surface area (TPSA) is 120 Å². The number of rotatable bonds is 5. The molecule has 2 atom stereocenters. The van der Waals surface area contributed by atoms with Gasteiger partial charge >= 0.3 is 0 Å². The van der Waals surface area contributed by atoms with Crippen LogP contribution in [0.5, 0.6) is 0 Å². The molecule has 22 heavy (non-hydrogen) atoms. The average molecular weight is 301 g/mol. The van der Waals surface area contributed by atoms with Crippen LogP contribution in [-0.4, -0.2) is 25.2 Å². The van der Waals surface area contributed by atoms with Crippen LogP contribution >= 0.6 is 0 Å². The van der Waals surface area contributed by atoms with E-state index < -0.39 is 0 Å². The zero-order valence-electron chi connectivity index (χ0n) is 12.8. The summed E-state index contributed by atoms with van der Waals surface area (Å²) in [4.78, 5) is 15.2. The van der Waals surface area contributed by atoms with Gasteiger partial charge in [-0.3, -0.25) is 4.79 Å². The highest BCUT2D eigenvalue weighted by atomic mass is 16.1. The smallest absolute Gasteiger partial charge is 0.152 e. The van der Waals surface area contributed by atoms with Crippen molar-refractivity contribution in [2.45, 2.75) is 25.3 Å². The van der Waals surface area contributed by atoms with Crippen molar-refractivity contribution in [1.82, 2.24) is 0 Å². The minimum atomic E-state index is 0.226. The van der Waals surface area contributed by atoms with E-state index in [1.165, 1.54) is 0 Å². The fourth-order valence-electron chi connectivity index (χ4n) is 2.72. The number of aldehydes is 1. The zero-order valence-corrected chi connectivity index (χ0v) is 12.8. The van der Waals surface area contributed by atoms with E-state index in [1.54, 1.807) is 31.3 Å². The lowest BCUT2D eigenvalue weighted by Crippen LogP contribution is -2.19. The molecule has 118 valence electrons. The van der Waals surface area contributed by atoms with Crippen molar-refractivity contribution in [1.29, 1.82) is 0 Å². The summed E-state index contributed by atoms with van der Waals surface area (Å²) in [6.45, 7) is 0. The number of allylic oxidation sites excluding steroid dienone is 1. The van der Waals surface area contributed by atoms with Gasteiger partial charge in [-0.05, 0) is 43.5 Å². The Hall–Kier alpha value is -2.34. The van der Waals surface area contributed by atoms with Crippen molar-refractivity contribution in [3.05, 3.63) is 35.5 Å². The molecule has 1 aliphatic carbocycles. The molecule has 0 amide bonds. The molecule has 6 nitrogen and oxygen atoms in total. The number of carbonyl (C=O) groups is 1. The van der Waals surface area contributed by atoms with Crippen LogP contribution in [0.3, 0.4) is 0 Å². The van der Waals surface area contributed by atoms with Crippen molar-refractivity contribution < 1.29 is 4.79 Å². The van der Waals surface area contributed by atoms with Gasteiger partial charge in [-0.25, -0.2) is 4.99 Å². The number of anilines is 1. The highest BCUT2D eigenvalue weighted by molar-refractivity contribution is 5.94. The van der Waals surface area contributed by atoms with Crippen LogP contribution in [0.2, 0.25) is 0 Å². The van der Waals surface area contributed by atoms with Crippen LogP contribution in [-0.2, 0) is 0 Å². The van der Waals surface area contributed by atoms with E-state index in [4.69, 9.17) is 17.2 Å². The van der Waals surface area contributed by atoms with E-state index >= 15 is 0 Å². The van der Waals surface area contributed by atoms with Crippen LogP contribution in [0.1, 0.15) is 29.6 Å². The molecule has 1 saturated carbocycles. The number of hydrogen-bond acceptors (Lipinski definition) is 5. The Morgan fingerprint density at radius 1 is 1.36 bits per heavy atom. The van der Waals surface area contributed by atoms with Gasteiger partial charge < -0.3 is 22.5 Å². The van der Waals surface area contributed by atoms with E-state index in [0.717, 1.165) is 31.2 Å². The number of amidine groups is 1. The van der Waals surface area contributed by atoms with Crippen LogP contribution < -0.4 is 22.5 Å². The van der Waals surface area contributed by atoms with Crippen molar-refractivity contribution in [3.63, 3.8) is 0 Å². The van der Waals surface area contributed by atoms with Crippen LogP contribution in [0.4, 0.5) is 11.4 Å². The molecule has 6 heteroatoms. The molecular formula is C16H23N5O. The van der Waals surface area contributed by atoms with Gasteiger partial charge in [0.05, 0.1) is 5.69 Å². The summed E-state index contributed by atoms with van der Waals surface area (Å²) in [6, 6.07) is 5.44. The molecule has 7 N–H and O–H groups in total. The third kappa shape index (κ3) is 3.85. The van der Waals surface area contributed by atoms with E-state index in [1.807, 2.05) is 0 Å². The lowest BCUT2D eigenvalue weighted by atomic mass is 10.0. The van der Waals surface area contributed by atoms with Gasteiger partial charge in [0.1, 0.15) is 5.84 Å². The molecule has 2 unspecified atom stereocenters. The van der Waals surface area contributed by atoms with Gasteiger partial charge in [-0.1, -0.05) is 0 Å². The fraction of sp³-hybridized carbons (Fsp3) is 0.375. The van der Waals surface area contributed by atoms with Crippen molar-refractivity contribution in [2.75, 3.05) is 12.4 Å². The zero-order chi connectivity index (χ0) is 16.1. The molecule has 1 aliphatic rings. The highest BCUT2D eigenvalue weighted by Gasteiger charge is 2.23. The van der Waals surface area contributed by atoms with E-state index in [-0.39, 0.29) is 12.0 Å². The first-order chi connectivity index (χ1) is 10.5. The summed E-state index contributed by atoms with van der Waals surface area (Å²) >= 11 is 0. The number of nitrogens with one attached hydrogen (secondary N) is 1. The van der Waals surface area contributed by atoms with E-state index in [9.17, 15) is 4.79 Å². The average Bonchev–Trinajstić information content (AvgIpc) is 2.93. The third-order valence-corrected chi connectivity index (χ3v) is 3.95. The summed E-state index contributed by atoms with van der Waals surface area (Å²) in [6.07, 6.45) is 5.39. The lowest BCUT2D eigenvalue weighted by Gasteiger charge is -2.10. The van der Waals surface area contributed by atoms with Gasteiger partial charge in [-0.15, -0.1) is 0 Å². The molecule has 1 fully saturated rings. The van der Waals surface area contributed by atoms with Crippen LogP contribution in [0.25, 0.3) is 0 Å². The largest absolute Gasteiger partial charge is 0.402 e. The minimum absolute atomic E-state index is 0.226. The number of hydrogen-bond donors (Lipinski definition) is 4. The Morgan fingerprint density at radius 2 is 2.14 bits per heavy atom. The molecule has 0 aromatic heterocycles. The first kappa shape index (κ1) is 16.0. The molecule has 1 aromatic carbocycles. The van der Waals surface area contributed by atoms with E-state index in [2.05, 4.69) is 10.3 Å². The molecule has 0 aliphatic heterocycles.